The maximum Gasteiger partial charge on any atom is 0.184 e. The molecule has 3 heteroatoms. The van der Waals surface area contributed by atoms with Crippen LogP contribution in [0.15, 0.2) is 71.3 Å². The number of aliphatic hydroxyl groups is 1. The molecule has 0 aromatic heterocycles. The van der Waals surface area contributed by atoms with Crippen molar-refractivity contribution in [3.05, 3.63) is 88.0 Å². The van der Waals surface area contributed by atoms with Crippen molar-refractivity contribution in [1.82, 2.24) is 0 Å². The highest BCUT2D eigenvalue weighted by molar-refractivity contribution is 6.12. The summed E-state index contributed by atoms with van der Waals surface area (Å²) >= 11 is 0. The van der Waals surface area contributed by atoms with Crippen LogP contribution in [0.5, 0.6) is 0 Å². The van der Waals surface area contributed by atoms with Crippen molar-refractivity contribution in [2.75, 3.05) is 13.7 Å². The first kappa shape index (κ1) is 22.7. The lowest BCUT2D eigenvalue weighted by atomic mass is 9.57. The number of carbonyl (C=O) groups is 1. The maximum atomic E-state index is 13.4. The largest absolute Gasteiger partial charge is 0.392 e. The van der Waals surface area contributed by atoms with Gasteiger partial charge in [-0.05, 0) is 80.2 Å². The fraction of sp³-hybridized carbons (Fsp3) is 0.414. The fourth-order valence-electron chi connectivity index (χ4n) is 5.61. The summed E-state index contributed by atoms with van der Waals surface area (Å²) in [6.45, 7) is 2.71. The van der Waals surface area contributed by atoms with E-state index in [4.69, 9.17) is 4.74 Å². The van der Waals surface area contributed by atoms with Gasteiger partial charge in [0.1, 0.15) is 0 Å². The molecule has 0 radical (unpaired) electrons. The van der Waals surface area contributed by atoms with Crippen molar-refractivity contribution in [1.29, 1.82) is 0 Å². The Hall–Kier alpha value is -2.49. The van der Waals surface area contributed by atoms with Gasteiger partial charge in [0.25, 0.3) is 0 Å². The zero-order chi connectivity index (χ0) is 22.6. The summed E-state index contributed by atoms with van der Waals surface area (Å²) in [5, 5.41) is 11.3. The SMILES string of the molecule is COCCCc1cccc(/C=C2/C[C@@]3(Cc4ccccc4)C(=C(C)C2=O)CCC[C@@H]3O)c1. The number of Topliss-reactive ketones (excluding diaryl/α,β-unsaturated/α-hetero) is 1. The molecule has 0 spiro atoms. The first-order valence-corrected chi connectivity index (χ1v) is 11.8. The third-order valence-electron chi connectivity index (χ3n) is 7.20. The Kier molecular flexibility index (Phi) is 7.07. The molecule has 4 rings (SSSR count). The van der Waals surface area contributed by atoms with Gasteiger partial charge in [-0.25, -0.2) is 0 Å². The molecule has 1 saturated carbocycles. The van der Waals surface area contributed by atoms with Gasteiger partial charge in [-0.3, -0.25) is 4.79 Å². The topological polar surface area (TPSA) is 46.5 Å². The Balaban J connectivity index is 1.70. The van der Waals surface area contributed by atoms with Gasteiger partial charge in [0.2, 0.25) is 0 Å². The van der Waals surface area contributed by atoms with Crippen molar-refractivity contribution < 1.29 is 14.6 Å². The van der Waals surface area contributed by atoms with Crippen LogP contribution < -0.4 is 0 Å². The van der Waals surface area contributed by atoms with Gasteiger partial charge in [0, 0.05) is 24.7 Å². The van der Waals surface area contributed by atoms with Gasteiger partial charge in [-0.2, -0.15) is 0 Å². The van der Waals surface area contributed by atoms with Gasteiger partial charge < -0.3 is 9.84 Å². The normalized spacial score (nSPS) is 24.7. The van der Waals surface area contributed by atoms with E-state index in [1.807, 2.05) is 13.0 Å². The molecule has 0 aliphatic heterocycles. The number of benzene rings is 2. The average Bonchev–Trinajstić information content (AvgIpc) is 2.80. The number of methoxy groups -OCH3 is 1. The molecular formula is C29H34O3. The number of ether oxygens (including phenoxy) is 1. The van der Waals surface area contributed by atoms with Crippen molar-refractivity contribution >= 4 is 11.9 Å². The summed E-state index contributed by atoms with van der Waals surface area (Å²) in [5.41, 5.74) is 5.97. The zero-order valence-electron chi connectivity index (χ0n) is 19.3. The molecule has 2 atom stereocenters. The van der Waals surface area contributed by atoms with Crippen LogP contribution >= 0.6 is 0 Å². The highest BCUT2D eigenvalue weighted by Crippen LogP contribution is 2.52. The number of allylic oxidation sites excluding steroid dienone is 2. The second-order valence-corrected chi connectivity index (χ2v) is 9.35. The van der Waals surface area contributed by atoms with Gasteiger partial charge in [0.15, 0.2) is 5.78 Å². The number of aryl methyl sites for hydroxylation is 1. The van der Waals surface area contributed by atoms with Crippen LogP contribution in [0.25, 0.3) is 6.08 Å². The molecule has 2 aliphatic carbocycles. The number of hydrogen-bond donors (Lipinski definition) is 1. The molecule has 3 nitrogen and oxygen atoms in total. The van der Waals surface area contributed by atoms with Crippen molar-refractivity contribution in [2.45, 2.75) is 58.0 Å². The van der Waals surface area contributed by atoms with E-state index in [1.54, 1.807) is 7.11 Å². The minimum absolute atomic E-state index is 0.141. The predicted molar refractivity (Wildman–Crippen MR) is 129 cm³/mol. The first-order valence-electron chi connectivity index (χ1n) is 11.8. The fourth-order valence-corrected chi connectivity index (χ4v) is 5.61. The molecule has 2 aromatic rings. The number of carbonyl (C=O) groups excluding carboxylic acids is 1. The monoisotopic (exact) mass is 430 g/mol. The van der Waals surface area contributed by atoms with E-state index < -0.39 is 6.10 Å². The van der Waals surface area contributed by atoms with E-state index in [0.717, 1.165) is 61.8 Å². The summed E-state index contributed by atoms with van der Waals surface area (Å²) < 4.78 is 5.18. The maximum absolute atomic E-state index is 13.4. The molecule has 0 bridgehead atoms. The molecule has 0 amide bonds. The van der Waals surface area contributed by atoms with E-state index in [1.165, 1.54) is 16.7 Å². The van der Waals surface area contributed by atoms with Gasteiger partial charge in [-0.15, -0.1) is 0 Å². The molecule has 2 aliphatic rings. The molecule has 1 fully saturated rings. The first-order chi connectivity index (χ1) is 15.5. The molecule has 1 N–H and O–H groups in total. The summed E-state index contributed by atoms with van der Waals surface area (Å²) in [6.07, 6.45) is 7.57. The molecule has 168 valence electrons. The summed E-state index contributed by atoms with van der Waals surface area (Å²) in [7, 11) is 1.73. The van der Waals surface area contributed by atoms with Crippen LogP contribution in [-0.4, -0.2) is 30.7 Å². The predicted octanol–water partition coefficient (Wildman–Crippen LogP) is 5.71. The minimum Gasteiger partial charge on any atom is -0.392 e. The Morgan fingerprint density at radius 3 is 2.69 bits per heavy atom. The molecular weight excluding hydrogens is 396 g/mol. The van der Waals surface area contributed by atoms with Crippen LogP contribution in [0.2, 0.25) is 0 Å². The van der Waals surface area contributed by atoms with E-state index in [0.29, 0.717) is 6.42 Å². The van der Waals surface area contributed by atoms with Crippen molar-refractivity contribution in [2.24, 2.45) is 5.41 Å². The highest BCUT2D eigenvalue weighted by atomic mass is 16.5. The summed E-state index contributed by atoms with van der Waals surface area (Å²) in [6, 6.07) is 18.8. The summed E-state index contributed by atoms with van der Waals surface area (Å²) in [5.74, 6) is 0.141. The van der Waals surface area contributed by atoms with Gasteiger partial charge >= 0.3 is 0 Å². The number of aliphatic hydroxyl groups excluding tert-OH is 1. The van der Waals surface area contributed by atoms with Crippen LogP contribution in [0, 0.1) is 5.41 Å². The zero-order valence-corrected chi connectivity index (χ0v) is 19.3. The van der Waals surface area contributed by atoms with E-state index >= 15 is 0 Å². The third kappa shape index (κ3) is 4.65. The number of hydrogen-bond acceptors (Lipinski definition) is 3. The average molecular weight is 431 g/mol. The minimum atomic E-state index is -0.432. The highest BCUT2D eigenvalue weighted by Gasteiger charge is 2.48. The number of fused-ring (bicyclic) bond motifs is 1. The quantitative estimate of drug-likeness (QED) is 0.452. The van der Waals surface area contributed by atoms with Crippen LogP contribution in [0.3, 0.4) is 0 Å². The lowest BCUT2D eigenvalue weighted by molar-refractivity contribution is -0.113. The van der Waals surface area contributed by atoms with Crippen LogP contribution in [-0.2, 0) is 22.4 Å². The van der Waals surface area contributed by atoms with Crippen molar-refractivity contribution in [3.63, 3.8) is 0 Å². The smallest absolute Gasteiger partial charge is 0.184 e. The van der Waals surface area contributed by atoms with E-state index in [-0.39, 0.29) is 11.2 Å². The molecule has 2 aromatic carbocycles. The number of ketones is 1. The molecule has 32 heavy (non-hydrogen) atoms. The van der Waals surface area contributed by atoms with Crippen LogP contribution in [0.1, 0.15) is 55.7 Å². The van der Waals surface area contributed by atoms with Gasteiger partial charge in [0.05, 0.1) is 6.10 Å². The lowest BCUT2D eigenvalue weighted by Gasteiger charge is -2.48. The van der Waals surface area contributed by atoms with E-state index in [9.17, 15) is 9.90 Å². The van der Waals surface area contributed by atoms with Crippen molar-refractivity contribution in [3.8, 4) is 0 Å². The second-order valence-electron chi connectivity index (χ2n) is 9.35. The molecule has 0 unspecified atom stereocenters. The lowest BCUT2D eigenvalue weighted by Crippen LogP contribution is -2.46. The Morgan fingerprint density at radius 1 is 1.12 bits per heavy atom. The second kappa shape index (κ2) is 9.97. The Bertz CT molecular complexity index is 1020. The summed E-state index contributed by atoms with van der Waals surface area (Å²) in [4.78, 5) is 13.4. The Morgan fingerprint density at radius 2 is 1.91 bits per heavy atom. The van der Waals surface area contributed by atoms with E-state index in [2.05, 4.69) is 54.6 Å². The third-order valence-corrected chi connectivity index (χ3v) is 7.20. The van der Waals surface area contributed by atoms with Gasteiger partial charge in [-0.1, -0.05) is 60.2 Å². The molecule has 0 heterocycles. The standard InChI is InChI=1S/C29H34O3/c1-21-26-14-7-15-27(30)29(26,19-23-9-4-3-5-10-23)20-25(28(21)31)18-24-12-6-11-22(17-24)13-8-16-32-2/h3-6,9-12,17-18,27,30H,7-8,13-16,19-20H2,1-2H3/b25-18-/t27-,29-/m0/s1. The Labute approximate surface area is 191 Å². The molecule has 0 saturated heterocycles. The number of rotatable bonds is 7. The van der Waals surface area contributed by atoms with Crippen LogP contribution in [0.4, 0.5) is 0 Å².